The Bertz CT molecular complexity index is 472. The van der Waals surface area contributed by atoms with Crippen LogP contribution in [-0.2, 0) is 13.1 Å². The number of hydrogen-bond acceptors (Lipinski definition) is 2. The first-order valence-corrected chi connectivity index (χ1v) is 6.84. The lowest BCUT2D eigenvalue weighted by Gasteiger charge is -2.14. The van der Waals surface area contributed by atoms with Crippen LogP contribution in [0.25, 0.3) is 0 Å². The van der Waals surface area contributed by atoms with Gasteiger partial charge in [0.25, 0.3) is 0 Å². The van der Waals surface area contributed by atoms with E-state index in [1.807, 2.05) is 13.0 Å². The van der Waals surface area contributed by atoms with Crippen LogP contribution in [0.15, 0.2) is 29.3 Å². The van der Waals surface area contributed by atoms with E-state index >= 15 is 0 Å². The second kappa shape index (κ2) is 9.00. The molecule has 0 atom stereocenters. The number of terminal acetylenes is 1. The van der Waals surface area contributed by atoms with Crippen LogP contribution >= 0.6 is 0 Å². The molecule has 1 rings (SSSR count). The summed E-state index contributed by atoms with van der Waals surface area (Å²) in [5, 5.41) is 6.27. The molecule has 4 heteroatoms. The second-order valence-electron chi connectivity index (χ2n) is 4.76. The van der Waals surface area contributed by atoms with Crippen LogP contribution < -0.4 is 10.6 Å². The van der Waals surface area contributed by atoms with Gasteiger partial charge in [0.05, 0.1) is 13.1 Å². The minimum absolute atomic E-state index is 0.477. The molecular weight excluding hydrogens is 248 g/mol. The average molecular weight is 272 g/mol. The van der Waals surface area contributed by atoms with Crippen molar-refractivity contribution in [1.29, 1.82) is 0 Å². The molecule has 0 unspecified atom stereocenters. The Kier molecular flexibility index (Phi) is 7.23. The zero-order chi connectivity index (χ0) is 14.8. The lowest BCUT2D eigenvalue weighted by molar-refractivity contribution is 0.401. The topological polar surface area (TPSA) is 39.7 Å². The third-order valence-corrected chi connectivity index (χ3v) is 2.71. The Morgan fingerprint density at radius 1 is 1.25 bits per heavy atom. The van der Waals surface area contributed by atoms with Crippen LogP contribution in [0.3, 0.4) is 0 Å². The molecule has 0 spiro atoms. The summed E-state index contributed by atoms with van der Waals surface area (Å²) in [5.74, 6) is 3.31. The van der Waals surface area contributed by atoms with Gasteiger partial charge in [0, 0.05) is 13.1 Å². The highest BCUT2D eigenvalue weighted by Crippen LogP contribution is 2.11. The summed E-state index contributed by atoms with van der Waals surface area (Å²) in [4.78, 5) is 6.73. The van der Waals surface area contributed by atoms with Gasteiger partial charge in [0.2, 0.25) is 0 Å². The number of hydrogen-bond donors (Lipinski definition) is 2. The van der Waals surface area contributed by atoms with Gasteiger partial charge in [-0.2, -0.15) is 0 Å². The predicted molar refractivity (Wildman–Crippen MR) is 85.5 cm³/mol. The van der Waals surface area contributed by atoms with E-state index in [0.29, 0.717) is 13.1 Å². The fraction of sp³-hybridized carbons (Fsp3) is 0.438. The maximum absolute atomic E-state index is 5.26. The fourth-order valence-corrected chi connectivity index (χ4v) is 1.85. The summed E-state index contributed by atoms with van der Waals surface area (Å²) < 4.78 is 0. The van der Waals surface area contributed by atoms with Crippen molar-refractivity contribution in [3.63, 3.8) is 0 Å². The molecular formula is C16H24N4. The van der Waals surface area contributed by atoms with Crippen molar-refractivity contribution < 1.29 is 0 Å². The molecule has 2 N–H and O–H groups in total. The summed E-state index contributed by atoms with van der Waals surface area (Å²) in [7, 11) is 4.14. The number of aliphatic imine (C=N–C) groups is 1. The van der Waals surface area contributed by atoms with Crippen LogP contribution in [0.4, 0.5) is 0 Å². The molecule has 0 bridgehead atoms. The van der Waals surface area contributed by atoms with Crippen molar-refractivity contribution in [2.24, 2.45) is 4.99 Å². The minimum Gasteiger partial charge on any atom is -0.357 e. The first-order chi connectivity index (χ1) is 9.67. The van der Waals surface area contributed by atoms with E-state index in [-0.39, 0.29) is 0 Å². The second-order valence-corrected chi connectivity index (χ2v) is 4.76. The summed E-state index contributed by atoms with van der Waals surface area (Å²) in [6.45, 7) is 4.89. The van der Waals surface area contributed by atoms with E-state index in [4.69, 9.17) is 6.42 Å². The smallest absolute Gasteiger partial charge is 0.192 e. The third kappa shape index (κ3) is 5.77. The van der Waals surface area contributed by atoms with Gasteiger partial charge >= 0.3 is 0 Å². The summed E-state index contributed by atoms with van der Waals surface area (Å²) in [6, 6.07) is 8.37. The maximum atomic E-state index is 5.26. The summed E-state index contributed by atoms with van der Waals surface area (Å²) >= 11 is 0. The van der Waals surface area contributed by atoms with Crippen LogP contribution in [0.2, 0.25) is 0 Å². The maximum Gasteiger partial charge on any atom is 0.192 e. The summed E-state index contributed by atoms with van der Waals surface area (Å²) in [6.07, 6.45) is 5.26. The minimum atomic E-state index is 0.477. The SMILES string of the molecule is C#CCNC(=NCc1ccccc1CN(C)C)NCC. The molecule has 0 amide bonds. The van der Waals surface area contributed by atoms with Crippen molar-refractivity contribution >= 4 is 5.96 Å². The van der Waals surface area contributed by atoms with Gasteiger partial charge in [0.15, 0.2) is 5.96 Å². The van der Waals surface area contributed by atoms with E-state index in [0.717, 1.165) is 19.0 Å². The fourth-order valence-electron chi connectivity index (χ4n) is 1.85. The van der Waals surface area contributed by atoms with Crippen molar-refractivity contribution in [1.82, 2.24) is 15.5 Å². The average Bonchev–Trinajstić information content (AvgIpc) is 2.42. The third-order valence-electron chi connectivity index (χ3n) is 2.71. The molecule has 0 aliphatic heterocycles. The van der Waals surface area contributed by atoms with E-state index in [1.54, 1.807) is 0 Å². The van der Waals surface area contributed by atoms with Gasteiger partial charge in [0.1, 0.15) is 0 Å². The molecule has 1 aromatic rings. The highest BCUT2D eigenvalue weighted by molar-refractivity contribution is 5.80. The molecule has 20 heavy (non-hydrogen) atoms. The van der Waals surface area contributed by atoms with Crippen LogP contribution in [0.5, 0.6) is 0 Å². The molecule has 0 saturated carbocycles. The van der Waals surface area contributed by atoms with Gasteiger partial charge in [-0.25, -0.2) is 4.99 Å². The molecule has 108 valence electrons. The predicted octanol–water partition coefficient (Wildman–Crippen LogP) is 1.44. The molecule has 0 saturated heterocycles. The van der Waals surface area contributed by atoms with Gasteiger partial charge < -0.3 is 15.5 Å². The molecule has 0 aromatic heterocycles. The van der Waals surface area contributed by atoms with E-state index in [9.17, 15) is 0 Å². The van der Waals surface area contributed by atoms with E-state index in [2.05, 4.69) is 58.7 Å². The first kappa shape index (κ1) is 16.1. The van der Waals surface area contributed by atoms with Crippen molar-refractivity contribution in [2.75, 3.05) is 27.2 Å². The zero-order valence-electron chi connectivity index (χ0n) is 12.6. The number of nitrogens with zero attached hydrogens (tertiary/aromatic N) is 2. The van der Waals surface area contributed by atoms with Crippen LogP contribution in [0.1, 0.15) is 18.1 Å². The first-order valence-electron chi connectivity index (χ1n) is 6.84. The van der Waals surface area contributed by atoms with Gasteiger partial charge in [-0.15, -0.1) is 6.42 Å². The highest BCUT2D eigenvalue weighted by Gasteiger charge is 2.03. The Morgan fingerprint density at radius 3 is 2.55 bits per heavy atom. The van der Waals surface area contributed by atoms with Gasteiger partial charge in [-0.3, -0.25) is 0 Å². The molecule has 0 fully saturated rings. The Labute approximate surface area is 122 Å². The Hall–Kier alpha value is -1.99. The zero-order valence-corrected chi connectivity index (χ0v) is 12.6. The normalized spacial score (nSPS) is 11.2. The quantitative estimate of drug-likeness (QED) is 0.468. The largest absolute Gasteiger partial charge is 0.357 e. The standard InChI is InChI=1S/C16H24N4/c1-5-11-18-16(17-6-2)19-12-14-9-7-8-10-15(14)13-20(3)4/h1,7-10H,6,11-13H2,2-4H3,(H2,17,18,19). The molecule has 0 aliphatic carbocycles. The molecule has 0 radical (unpaired) electrons. The van der Waals surface area contributed by atoms with Crippen molar-refractivity contribution in [2.45, 2.75) is 20.0 Å². The van der Waals surface area contributed by atoms with Crippen LogP contribution in [0, 0.1) is 12.3 Å². The number of guanidine groups is 1. The number of benzene rings is 1. The molecule has 4 nitrogen and oxygen atoms in total. The van der Waals surface area contributed by atoms with Gasteiger partial charge in [-0.05, 0) is 32.1 Å². The Balaban J connectivity index is 2.77. The van der Waals surface area contributed by atoms with Gasteiger partial charge in [-0.1, -0.05) is 30.2 Å². The monoisotopic (exact) mass is 272 g/mol. The van der Waals surface area contributed by atoms with Crippen molar-refractivity contribution in [3.8, 4) is 12.3 Å². The van der Waals surface area contributed by atoms with Crippen LogP contribution in [-0.4, -0.2) is 38.0 Å². The summed E-state index contributed by atoms with van der Waals surface area (Å²) in [5.41, 5.74) is 2.54. The number of rotatable bonds is 6. The van der Waals surface area contributed by atoms with E-state index < -0.39 is 0 Å². The van der Waals surface area contributed by atoms with E-state index in [1.165, 1.54) is 11.1 Å². The lowest BCUT2D eigenvalue weighted by Crippen LogP contribution is -2.37. The number of nitrogens with one attached hydrogen (secondary N) is 2. The lowest BCUT2D eigenvalue weighted by atomic mass is 10.1. The highest BCUT2D eigenvalue weighted by atomic mass is 15.2. The molecule has 1 aromatic carbocycles. The van der Waals surface area contributed by atoms with Crippen molar-refractivity contribution in [3.05, 3.63) is 35.4 Å². The molecule has 0 aliphatic rings. The Morgan fingerprint density at radius 2 is 1.95 bits per heavy atom. The molecule has 0 heterocycles.